The Morgan fingerprint density at radius 3 is 2.12 bits per heavy atom. The number of nitrogens with zero attached hydrogens (tertiary/aromatic N) is 1. The van der Waals surface area contributed by atoms with Crippen molar-refractivity contribution in [3.63, 3.8) is 0 Å². The Morgan fingerprint density at radius 2 is 1.69 bits per heavy atom. The second-order valence-corrected chi connectivity index (χ2v) is 5.21. The van der Waals surface area contributed by atoms with E-state index in [9.17, 15) is 0 Å². The highest BCUT2D eigenvalue weighted by Crippen LogP contribution is 2.18. The summed E-state index contributed by atoms with van der Waals surface area (Å²) in [5, 5.41) is 0. The molecule has 0 saturated heterocycles. The summed E-state index contributed by atoms with van der Waals surface area (Å²) in [5.74, 6) is 0. The molecule has 16 heavy (non-hydrogen) atoms. The summed E-state index contributed by atoms with van der Waals surface area (Å²) in [6.45, 7) is 16.7. The number of ether oxygens (including phenoxy) is 1. The molecule has 0 heterocycles. The van der Waals surface area contributed by atoms with Crippen LogP contribution in [0.15, 0.2) is 0 Å². The molecule has 0 radical (unpaired) electrons. The van der Waals surface area contributed by atoms with Gasteiger partial charge in [0.2, 0.25) is 0 Å². The van der Waals surface area contributed by atoms with Crippen LogP contribution in [0.5, 0.6) is 0 Å². The summed E-state index contributed by atoms with van der Waals surface area (Å²) >= 11 is 0. The maximum absolute atomic E-state index is 6.02. The third-order valence-corrected chi connectivity index (χ3v) is 3.35. The summed E-state index contributed by atoms with van der Waals surface area (Å²) in [5.41, 5.74) is 0.0363. The van der Waals surface area contributed by atoms with Crippen LogP contribution < -0.4 is 0 Å². The molecule has 2 nitrogen and oxygen atoms in total. The van der Waals surface area contributed by atoms with Gasteiger partial charge in [-0.05, 0) is 59.7 Å². The zero-order chi connectivity index (χ0) is 12.6. The zero-order valence-electron chi connectivity index (χ0n) is 12.2. The van der Waals surface area contributed by atoms with E-state index in [1.54, 1.807) is 0 Å². The SMILES string of the molecule is CCN(CC)CCCC(C)OC(C)(C)CC. The van der Waals surface area contributed by atoms with Gasteiger partial charge in [0.25, 0.3) is 0 Å². The van der Waals surface area contributed by atoms with E-state index in [1.165, 1.54) is 19.4 Å². The van der Waals surface area contributed by atoms with Gasteiger partial charge < -0.3 is 9.64 Å². The van der Waals surface area contributed by atoms with E-state index in [0.29, 0.717) is 6.10 Å². The molecule has 0 fully saturated rings. The van der Waals surface area contributed by atoms with E-state index >= 15 is 0 Å². The van der Waals surface area contributed by atoms with Gasteiger partial charge in [-0.15, -0.1) is 0 Å². The first kappa shape index (κ1) is 15.9. The van der Waals surface area contributed by atoms with Gasteiger partial charge in [-0.1, -0.05) is 20.8 Å². The maximum Gasteiger partial charge on any atom is 0.0627 e. The molecule has 1 unspecified atom stereocenters. The lowest BCUT2D eigenvalue weighted by Gasteiger charge is -2.28. The molecule has 0 aromatic rings. The molecule has 1 atom stereocenters. The largest absolute Gasteiger partial charge is 0.373 e. The van der Waals surface area contributed by atoms with Crippen LogP contribution in [-0.2, 0) is 4.74 Å². The first-order valence-electron chi connectivity index (χ1n) is 6.85. The highest BCUT2D eigenvalue weighted by molar-refractivity contribution is 4.68. The van der Waals surface area contributed by atoms with Gasteiger partial charge in [0, 0.05) is 0 Å². The first-order valence-corrected chi connectivity index (χ1v) is 6.85. The second kappa shape index (κ2) is 8.08. The van der Waals surface area contributed by atoms with E-state index < -0.39 is 0 Å². The molecule has 0 bridgehead atoms. The average Bonchev–Trinajstić information content (AvgIpc) is 2.24. The number of rotatable bonds is 9. The molecule has 0 amide bonds. The van der Waals surface area contributed by atoms with Gasteiger partial charge in [0.1, 0.15) is 0 Å². The van der Waals surface area contributed by atoms with E-state index in [0.717, 1.165) is 19.5 Å². The number of hydrogen-bond acceptors (Lipinski definition) is 2. The number of hydrogen-bond donors (Lipinski definition) is 0. The van der Waals surface area contributed by atoms with Crippen molar-refractivity contribution >= 4 is 0 Å². The van der Waals surface area contributed by atoms with E-state index in [-0.39, 0.29) is 5.60 Å². The Hall–Kier alpha value is -0.0800. The normalized spacial score (nSPS) is 14.4. The lowest BCUT2D eigenvalue weighted by Crippen LogP contribution is -2.29. The molecule has 0 rings (SSSR count). The topological polar surface area (TPSA) is 12.5 Å². The molecule has 0 saturated carbocycles. The molecule has 0 aromatic heterocycles. The summed E-state index contributed by atoms with van der Waals surface area (Å²) in [6.07, 6.45) is 3.86. The van der Waals surface area contributed by atoms with Crippen LogP contribution in [0.25, 0.3) is 0 Å². The molecule has 0 aliphatic heterocycles. The predicted molar refractivity (Wildman–Crippen MR) is 71.9 cm³/mol. The Kier molecular flexibility index (Phi) is 8.04. The van der Waals surface area contributed by atoms with Crippen LogP contribution in [0.3, 0.4) is 0 Å². The van der Waals surface area contributed by atoms with Crippen molar-refractivity contribution in [2.24, 2.45) is 0 Å². The predicted octanol–water partition coefficient (Wildman–Crippen LogP) is 3.70. The highest BCUT2D eigenvalue weighted by Gasteiger charge is 2.18. The minimum absolute atomic E-state index is 0.0363. The van der Waals surface area contributed by atoms with Gasteiger partial charge in [-0.2, -0.15) is 0 Å². The first-order chi connectivity index (χ1) is 7.45. The molecule has 0 aliphatic carbocycles. The van der Waals surface area contributed by atoms with E-state index in [1.807, 2.05) is 0 Å². The zero-order valence-corrected chi connectivity index (χ0v) is 12.2. The lowest BCUT2D eigenvalue weighted by atomic mass is 10.1. The summed E-state index contributed by atoms with van der Waals surface area (Å²) < 4.78 is 6.02. The Bertz CT molecular complexity index is 164. The van der Waals surface area contributed by atoms with Gasteiger partial charge in [0.15, 0.2) is 0 Å². The maximum atomic E-state index is 6.02. The van der Waals surface area contributed by atoms with Crippen molar-refractivity contribution in [3.05, 3.63) is 0 Å². The molecule has 0 aliphatic rings. The smallest absolute Gasteiger partial charge is 0.0627 e. The van der Waals surface area contributed by atoms with Crippen LogP contribution in [0.4, 0.5) is 0 Å². The van der Waals surface area contributed by atoms with Crippen molar-refractivity contribution < 1.29 is 4.74 Å². The van der Waals surface area contributed by atoms with Gasteiger partial charge >= 0.3 is 0 Å². The molecule has 2 heteroatoms. The van der Waals surface area contributed by atoms with Crippen molar-refractivity contribution in [3.8, 4) is 0 Å². The standard InChI is InChI=1S/C14H31NO/c1-7-14(5,6)16-13(4)11-10-12-15(8-2)9-3/h13H,7-12H2,1-6H3. The molecule has 0 aromatic carbocycles. The molecule has 0 N–H and O–H groups in total. The fraction of sp³-hybridized carbons (Fsp3) is 1.00. The van der Waals surface area contributed by atoms with Crippen LogP contribution in [0.1, 0.15) is 60.8 Å². The Morgan fingerprint density at radius 1 is 1.12 bits per heavy atom. The fourth-order valence-electron chi connectivity index (χ4n) is 1.83. The van der Waals surface area contributed by atoms with Gasteiger partial charge in [-0.3, -0.25) is 0 Å². The van der Waals surface area contributed by atoms with Crippen molar-refractivity contribution in [2.45, 2.75) is 72.5 Å². The minimum Gasteiger partial charge on any atom is -0.373 e. The fourth-order valence-corrected chi connectivity index (χ4v) is 1.83. The van der Waals surface area contributed by atoms with Gasteiger partial charge in [-0.25, -0.2) is 0 Å². The molecule has 0 spiro atoms. The third kappa shape index (κ3) is 7.24. The van der Waals surface area contributed by atoms with Crippen LogP contribution >= 0.6 is 0 Å². The van der Waals surface area contributed by atoms with Crippen molar-refractivity contribution in [1.29, 1.82) is 0 Å². The summed E-state index contributed by atoms with van der Waals surface area (Å²) in [6, 6.07) is 0. The van der Waals surface area contributed by atoms with Crippen molar-refractivity contribution in [1.82, 2.24) is 4.90 Å². The summed E-state index contributed by atoms with van der Waals surface area (Å²) in [7, 11) is 0. The monoisotopic (exact) mass is 229 g/mol. The molecule has 98 valence electrons. The Labute approximate surface area is 102 Å². The average molecular weight is 229 g/mol. The third-order valence-electron chi connectivity index (χ3n) is 3.35. The summed E-state index contributed by atoms with van der Waals surface area (Å²) in [4.78, 5) is 2.47. The Balaban J connectivity index is 3.69. The van der Waals surface area contributed by atoms with E-state index in [2.05, 4.69) is 46.4 Å². The lowest BCUT2D eigenvalue weighted by molar-refractivity contribution is -0.0692. The van der Waals surface area contributed by atoms with Crippen LogP contribution in [0.2, 0.25) is 0 Å². The van der Waals surface area contributed by atoms with E-state index in [4.69, 9.17) is 4.74 Å². The molecular weight excluding hydrogens is 198 g/mol. The van der Waals surface area contributed by atoms with Crippen LogP contribution in [0, 0.1) is 0 Å². The van der Waals surface area contributed by atoms with Crippen molar-refractivity contribution in [2.75, 3.05) is 19.6 Å². The quantitative estimate of drug-likeness (QED) is 0.598. The highest BCUT2D eigenvalue weighted by atomic mass is 16.5. The van der Waals surface area contributed by atoms with Crippen LogP contribution in [-0.4, -0.2) is 36.2 Å². The van der Waals surface area contributed by atoms with Gasteiger partial charge in [0.05, 0.1) is 11.7 Å². The molecular formula is C14H31NO. The minimum atomic E-state index is 0.0363. The second-order valence-electron chi connectivity index (χ2n) is 5.21.